The first-order chi connectivity index (χ1) is 20.3. The number of rotatable bonds is 11. The molecule has 12 nitrogen and oxygen atoms in total. The number of hydrogen-bond acceptors (Lipinski definition) is 12. The zero-order valence-corrected chi connectivity index (χ0v) is 25.8. The van der Waals surface area contributed by atoms with Crippen LogP contribution < -0.4 is 20.9 Å². The van der Waals surface area contributed by atoms with E-state index < -0.39 is 19.7 Å². The van der Waals surface area contributed by atoms with Crippen molar-refractivity contribution < 1.29 is 21.6 Å². The number of hydrogen-bond donors (Lipinski definition) is 3. The molecule has 0 atom stereocenters. The fourth-order valence-electron chi connectivity index (χ4n) is 3.72. The first-order valence-electron chi connectivity index (χ1n) is 12.8. The SMILES string of the molecule is COc1ccc(Nc2nc(NN=C(C)c3ccc(S(C)(=O)=O)cc3)cc(NN=C(C)c3ccc(S(C)(=O)=O)cc3)n2)cc1. The molecule has 1 heterocycles. The minimum absolute atomic E-state index is 0.222. The minimum atomic E-state index is -3.31. The number of benzene rings is 3. The highest BCUT2D eigenvalue weighted by molar-refractivity contribution is 7.91. The van der Waals surface area contributed by atoms with Gasteiger partial charge in [0.2, 0.25) is 5.95 Å². The summed E-state index contributed by atoms with van der Waals surface area (Å²) in [6.07, 6.45) is 2.31. The molecule has 0 spiro atoms. The second-order valence-electron chi connectivity index (χ2n) is 9.53. The molecule has 3 aromatic carbocycles. The van der Waals surface area contributed by atoms with E-state index in [0.29, 0.717) is 28.8 Å². The van der Waals surface area contributed by atoms with E-state index in [1.54, 1.807) is 63.4 Å². The Morgan fingerprint density at radius 2 is 1.09 bits per heavy atom. The largest absolute Gasteiger partial charge is 0.497 e. The van der Waals surface area contributed by atoms with Crippen LogP contribution in [0.15, 0.2) is 98.9 Å². The first-order valence-corrected chi connectivity index (χ1v) is 16.6. The molecular weight excluding hydrogens is 590 g/mol. The van der Waals surface area contributed by atoms with E-state index in [9.17, 15) is 16.8 Å². The lowest BCUT2D eigenvalue weighted by atomic mass is 10.1. The van der Waals surface area contributed by atoms with Gasteiger partial charge in [-0.1, -0.05) is 24.3 Å². The van der Waals surface area contributed by atoms with Crippen molar-refractivity contribution in [2.24, 2.45) is 10.2 Å². The lowest BCUT2D eigenvalue weighted by Gasteiger charge is -2.11. The first kappa shape index (κ1) is 31.1. The van der Waals surface area contributed by atoms with Crippen LogP contribution in [-0.2, 0) is 19.7 Å². The van der Waals surface area contributed by atoms with Crippen LogP contribution in [-0.4, -0.2) is 57.8 Å². The maximum atomic E-state index is 11.8. The van der Waals surface area contributed by atoms with Gasteiger partial charge in [0, 0.05) is 24.3 Å². The standard InChI is InChI=1S/C29H31N7O5S2/c1-19(21-6-14-25(15-7-21)42(4,37)38)33-35-27-18-28(32-29(31-27)30-23-10-12-24(41-3)13-11-23)36-34-20(2)22-8-16-26(17-9-22)43(5,39)40/h6-18H,1-5H3,(H3,30,31,32,35,36). The van der Waals surface area contributed by atoms with Crippen LogP contribution in [0.25, 0.3) is 0 Å². The average molecular weight is 622 g/mol. The summed E-state index contributed by atoms with van der Waals surface area (Å²) in [7, 11) is -5.02. The topological polar surface area (TPSA) is 164 Å². The molecule has 0 radical (unpaired) electrons. The molecule has 224 valence electrons. The Hall–Kier alpha value is -4.82. The van der Waals surface area contributed by atoms with Crippen molar-refractivity contribution in [1.82, 2.24) is 9.97 Å². The van der Waals surface area contributed by atoms with Crippen LogP contribution in [0.5, 0.6) is 5.75 Å². The molecule has 0 amide bonds. The van der Waals surface area contributed by atoms with Crippen molar-refractivity contribution in [2.75, 3.05) is 35.8 Å². The summed E-state index contributed by atoms with van der Waals surface area (Å²) in [5.74, 6) is 1.67. The highest BCUT2D eigenvalue weighted by Gasteiger charge is 2.10. The summed E-state index contributed by atoms with van der Waals surface area (Å²) in [5.41, 5.74) is 9.23. The number of nitrogens with one attached hydrogen (secondary N) is 3. The lowest BCUT2D eigenvalue weighted by Crippen LogP contribution is -2.07. The summed E-state index contributed by atoms with van der Waals surface area (Å²) in [4.78, 5) is 9.45. The number of ether oxygens (including phenoxy) is 1. The van der Waals surface area contributed by atoms with Gasteiger partial charge in [0.05, 0.1) is 28.3 Å². The van der Waals surface area contributed by atoms with E-state index in [1.807, 2.05) is 12.1 Å². The predicted molar refractivity (Wildman–Crippen MR) is 169 cm³/mol. The average Bonchev–Trinajstić information content (AvgIpc) is 2.98. The molecule has 0 saturated heterocycles. The van der Waals surface area contributed by atoms with Crippen LogP contribution in [0.4, 0.5) is 23.3 Å². The summed E-state index contributed by atoms with van der Waals surface area (Å²) in [6.45, 7) is 3.56. The molecule has 0 aliphatic heterocycles. The number of methoxy groups -OCH3 is 1. The molecule has 0 fully saturated rings. The van der Waals surface area contributed by atoms with Crippen molar-refractivity contribution in [2.45, 2.75) is 23.6 Å². The van der Waals surface area contributed by atoms with Gasteiger partial charge in [0.25, 0.3) is 0 Å². The lowest BCUT2D eigenvalue weighted by molar-refractivity contribution is 0.415. The van der Waals surface area contributed by atoms with Gasteiger partial charge in [0.15, 0.2) is 31.3 Å². The van der Waals surface area contributed by atoms with Crippen LogP contribution in [0.3, 0.4) is 0 Å². The van der Waals surface area contributed by atoms with E-state index in [-0.39, 0.29) is 15.7 Å². The van der Waals surface area contributed by atoms with Crippen molar-refractivity contribution in [3.05, 3.63) is 90.0 Å². The molecule has 4 aromatic rings. The number of nitrogens with zero attached hydrogens (tertiary/aromatic N) is 4. The van der Waals surface area contributed by atoms with Crippen molar-refractivity contribution in [1.29, 1.82) is 0 Å². The molecular formula is C29H31N7O5S2. The predicted octanol–water partition coefficient (Wildman–Crippen LogP) is 4.71. The molecule has 14 heteroatoms. The van der Waals surface area contributed by atoms with Crippen molar-refractivity contribution in [3.63, 3.8) is 0 Å². The zero-order chi connectivity index (χ0) is 31.2. The summed E-state index contributed by atoms with van der Waals surface area (Å²) in [5, 5.41) is 12.0. The van der Waals surface area contributed by atoms with E-state index in [2.05, 4.69) is 36.3 Å². The number of sulfone groups is 2. The molecule has 4 rings (SSSR count). The summed E-state index contributed by atoms with van der Waals surface area (Å²) < 4.78 is 52.3. The molecule has 3 N–H and O–H groups in total. The normalized spacial score (nSPS) is 12.5. The van der Waals surface area contributed by atoms with Gasteiger partial charge in [-0.25, -0.2) is 16.8 Å². The zero-order valence-electron chi connectivity index (χ0n) is 24.2. The van der Waals surface area contributed by atoms with Crippen LogP contribution in [0.1, 0.15) is 25.0 Å². The Morgan fingerprint density at radius 1 is 0.674 bits per heavy atom. The molecule has 1 aromatic heterocycles. The van der Waals surface area contributed by atoms with E-state index in [0.717, 1.165) is 29.3 Å². The Morgan fingerprint density at radius 3 is 1.47 bits per heavy atom. The fraction of sp³-hybridized carbons (Fsp3) is 0.172. The number of hydrazone groups is 2. The third kappa shape index (κ3) is 8.59. The van der Waals surface area contributed by atoms with Gasteiger partial charge in [-0.3, -0.25) is 10.9 Å². The second kappa shape index (κ2) is 13.0. The molecule has 0 unspecified atom stereocenters. The third-order valence-corrected chi connectivity index (χ3v) is 8.41. The second-order valence-corrected chi connectivity index (χ2v) is 13.6. The van der Waals surface area contributed by atoms with Crippen LogP contribution in [0.2, 0.25) is 0 Å². The maximum Gasteiger partial charge on any atom is 0.231 e. The fourth-order valence-corrected chi connectivity index (χ4v) is 4.98. The number of aromatic nitrogens is 2. The van der Waals surface area contributed by atoms with Gasteiger partial charge in [-0.2, -0.15) is 20.2 Å². The van der Waals surface area contributed by atoms with Gasteiger partial charge < -0.3 is 10.1 Å². The van der Waals surface area contributed by atoms with Gasteiger partial charge in [0.1, 0.15) is 5.75 Å². The Labute approximate surface area is 250 Å². The molecule has 43 heavy (non-hydrogen) atoms. The molecule has 0 aliphatic rings. The van der Waals surface area contributed by atoms with E-state index in [1.165, 1.54) is 24.3 Å². The Kier molecular flexibility index (Phi) is 9.41. The summed E-state index contributed by atoms with van der Waals surface area (Å²) >= 11 is 0. The van der Waals surface area contributed by atoms with Crippen LogP contribution in [0, 0.1) is 0 Å². The van der Waals surface area contributed by atoms with Gasteiger partial charge in [-0.15, -0.1) is 0 Å². The highest BCUT2D eigenvalue weighted by Crippen LogP contribution is 2.21. The van der Waals surface area contributed by atoms with Crippen molar-refractivity contribution in [3.8, 4) is 5.75 Å². The Balaban J connectivity index is 1.59. The number of anilines is 4. The smallest absolute Gasteiger partial charge is 0.231 e. The monoisotopic (exact) mass is 621 g/mol. The van der Waals surface area contributed by atoms with Gasteiger partial charge >= 0.3 is 0 Å². The highest BCUT2D eigenvalue weighted by atomic mass is 32.2. The quantitative estimate of drug-likeness (QED) is 0.158. The van der Waals surface area contributed by atoms with Crippen molar-refractivity contribution >= 4 is 54.4 Å². The Bertz CT molecular complexity index is 1760. The van der Waals surface area contributed by atoms with E-state index in [4.69, 9.17) is 4.74 Å². The van der Waals surface area contributed by atoms with Crippen LogP contribution >= 0.6 is 0 Å². The maximum absolute atomic E-state index is 11.8. The molecule has 0 bridgehead atoms. The van der Waals surface area contributed by atoms with E-state index >= 15 is 0 Å². The minimum Gasteiger partial charge on any atom is -0.497 e. The third-order valence-electron chi connectivity index (χ3n) is 6.15. The molecule has 0 aliphatic carbocycles. The molecule has 0 saturated carbocycles. The summed E-state index contributed by atoms with van der Waals surface area (Å²) in [6, 6.07) is 21.7. The van der Waals surface area contributed by atoms with Gasteiger partial charge in [-0.05, 0) is 73.5 Å².